The standard InChI is InChI=1S/C17H17BrN2O2/c1-2-22-16-6-5-12(18)8-15(16)20-17(21)14-9-13(14)11-4-3-7-19-10-11/h3-8,10,13-14H,2,9H2,1H3,(H,20,21). The molecule has 0 spiro atoms. The number of carbonyl (C=O) groups excluding carboxylic acids is 1. The summed E-state index contributed by atoms with van der Waals surface area (Å²) in [7, 11) is 0. The van der Waals surface area contributed by atoms with Crippen LogP contribution in [0.4, 0.5) is 5.69 Å². The van der Waals surface area contributed by atoms with E-state index in [0.717, 1.165) is 16.5 Å². The lowest BCUT2D eigenvalue weighted by Crippen LogP contribution is -2.15. The fraction of sp³-hybridized carbons (Fsp3) is 0.294. The smallest absolute Gasteiger partial charge is 0.228 e. The molecule has 3 rings (SSSR count). The first-order chi connectivity index (χ1) is 10.7. The molecule has 1 fully saturated rings. The van der Waals surface area contributed by atoms with E-state index in [2.05, 4.69) is 26.2 Å². The summed E-state index contributed by atoms with van der Waals surface area (Å²) in [5, 5.41) is 2.98. The quantitative estimate of drug-likeness (QED) is 0.876. The third kappa shape index (κ3) is 3.30. The number of ether oxygens (including phenoxy) is 1. The van der Waals surface area contributed by atoms with Crippen molar-refractivity contribution >= 4 is 27.5 Å². The molecule has 2 unspecified atom stereocenters. The highest BCUT2D eigenvalue weighted by molar-refractivity contribution is 9.10. The van der Waals surface area contributed by atoms with Gasteiger partial charge >= 0.3 is 0 Å². The van der Waals surface area contributed by atoms with Gasteiger partial charge in [0.2, 0.25) is 5.91 Å². The van der Waals surface area contributed by atoms with Gasteiger partial charge in [-0.3, -0.25) is 9.78 Å². The molecule has 4 nitrogen and oxygen atoms in total. The molecule has 2 aromatic rings. The molecule has 114 valence electrons. The van der Waals surface area contributed by atoms with Crippen LogP contribution in [0.25, 0.3) is 0 Å². The number of rotatable bonds is 5. The molecular weight excluding hydrogens is 344 g/mol. The van der Waals surface area contributed by atoms with E-state index in [1.807, 2.05) is 43.5 Å². The molecule has 1 amide bonds. The van der Waals surface area contributed by atoms with Crippen molar-refractivity contribution in [2.45, 2.75) is 19.3 Å². The highest BCUT2D eigenvalue weighted by Gasteiger charge is 2.44. The minimum absolute atomic E-state index is 0.0117. The fourth-order valence-corrected chi connectivity index (χ4v) is 2.92. The Morgan fingerprint density at radius 1 is 1.45 bits per heavy atom. The SMILES string of the molecule is CCOc1ccc(Br)cc1NC(=O)C1CC1c1cccnc1. The van der Waals surface area contributed by atoms with Crippen molar-refractivity contribution in [1.82, 2.24) is 4.98 Å². The molecule has 0 bridgehead atoms. The number of nitrogens with one attached hydrogen (secondary N) is 1. The van der Waals surface area contributed by atoms with E-state index in [9.17, 15) is 4.79 Å². The van der Waals surface area contributed by atoms with Gasteiger partial charge in [0.1, 0.15) is 5.75 Å². The number of benzene rings is 1. The van der Waals surface area contributed by atoms with Gasteiger partial charge in [-0.15, -0.1) is 0 Å². The third-order valence-electron chi connectivity index (χ3n) is 3.74. The van der Waals surface area contributed by atoms with Crippen LogP contribution in [0.1, 0.15) is 24.8 Å². The fourth-order valence-electron chi connectivity index (χ4n) is 2.56. The maximum atomic E-state index is 12.4. The molecule has 0 aliphatic heterocycles. The molecule has 1 aromatic heterocycles. The molecule has 0 radical (unpaired) electrons. The van der Waals surface area contributed by atoms with Crippen molar-refractivity contribution in [2.24, 2.45) is 5.92 Å². The van der Waals surface area contributed by atoms with E-state index in [0.29, 0.717) is 18.0 Å². The van der Waals surface area contributed by atoms with Crippen molar-refractivity contribution in [3.8, 4) is 5.75 Å². The zero-order chi connectivity index (χ0) is 15.5. The van der Waals surface area contributed by atoms with Crippen LogP contribution in [0.2, 0.25) is 0 Å². The van der Waals surface area contributed by atoms with Crippen LogP contribution in [0, 0.1) is 5.92 Å². The first-order valence-electron chi connectivity index (χ1n) is 7.32. The van der Waals surface area contributed by atoms with Gasteiger partial charge in [-0.05, 0) is 49.1 Å². The Balaban J connectivity index is 1.69. The highest BCUT2D eigenvalue weighted by atomic mass is 79.9. The molecule has 5 heteroatoms. The topological polar surface area (TPSA) is 51.2 Å². The second-order valence-corrected chi connectivity index (χ2v) is 6.21. The molecular formula is C17H17BrN2O2. The van der Waals surface area contributed by atoms with Crippen molar-refractivity contribution in [3.63, 3.8) is 0 Å². The number of hydrogen-bond donors (Lipinski definition) is 1. The number of carbonyl (C=O) groups is 1. The number of hydrogen-bond acceptors (Lipinski definition) is 3. The molecule has 1 aromatic carbocycles. The minimum atomic E-state index is 0.0117. The van der Waals surface area contributed by atoms with Crippen molar-refractivity contribution in [3.05, 3.63) is 52.8 Å². The van der Waals surface area contributed by atoms with Gasteiger partial charge in [-0.2, -0.15) is 0 Å². The largest absolute Gasteiger partial charge is 0.492 e. The summed E-state index contributed by atoms with van der Waals surface area (Å²) in [4.78, 5) is 16.5. The molecule has 1 heterocycles. The van der Waals surface area contributed by atoms with E-state index < -0.39 is 0 Å². The summed E-state index contributed by atoms with van der Waals surface area (Å²) >= 11 is 3.42. The summed E-state index contributed by atoms with van der Waals surface area (Å²) in [6, 6.07) is 9.55. The van der Waals surface area contributed by atoms with Gasteiger partial charge in [-0.25, -0.2) is 0 Å². The average Bonchev–Trinajstić information content (AvgIpc) is 3.32. The number of pyridine rings is 1. The predicted molar refractivity (Wildman–Crippen MR) is 89.0 cm³/mol. The summed E-state index contributed by atoms with van der Waals surface area (Å²) in [5.41, 5.74) is 1.83. The van der Waals surface area contributed by atoms with Crippen molar-refractivity contribution in [1.29, 1.82) is 0 Å². The van der Waals surface area contributed by atoms with Crippen LogP contribution in [-0.2, 0) is 4.79 Å². The lowest BCUT2D eigenvalue weighted by molar-refractivity contribution is -0.117. The number of nitrogens with zero attached hydrogens (tertiary/aromatic N) is 1. The first-order valence-corrected chi connectivity index (χ1v) is 8.11. The Morgan fingerprint density at radius 2 is 2.32 bits per heavy atom. The lowest BCUT2D eigenvalue weighted by Gasteiger charge is -2.12. The highest BCUT2D eigenvalue weighted by Crippen LogP contribution is 2.48. The van der Waals surface area contributed by atoms with Gasteiger partial charge in [0.05, 0.1) is 12.3 Å². The summed E-state index contributed by atoms with van der Waals surface area (Å²) in [6.07, 6.45) is 4.45. The molecule has 1 aliphatic carbocycles. The average molecular weight is 361 g/mol. The van der Waals surface area contributed by atoms with Crippen molar-refractivity contribution in [2.75, 3.05) is 11.9 Å². The zero-order valence-electron chi connectivity index (χ0n) is 12.3. The Hall–Kier alpha value is -1.88. The zero-order valence-corrected chi connectivity index (χ0v) is 13.8. The molecule has 22 heavy (non-hydrogen) atoms. The van der Waals surface area contributed by atoms with Gasteiger partial charge in [0.25, 0.3) is 0 Å². The van der Waals surface area contributed by atoms with E-state index in [1.54, 1.807) is 6.20 Å². The maximum Gasteiger partial charge on any atom is 0.228 e. The second-order valence-electron chi connectivity index (χ2n) is 5.30. The Bertz CT molecular complexity index is 676. The van der Waals surface area contributed by atoms with Crippen LogP contribution in [-0.4, -0.2) is 17.5 Å². The second kappa shape index (κ2) is 6.48. The maximum absolute atomic E-state index is 12.4. The van der Waals surface area contributed by atoms with E-state index >= 15 is 0 Å². The van der Waals surface area contributed by atoms with Gasteiger partial charge in [-0.1, -0.05) is 22.0 Å². The molecule has 2 atom stereocenters. The number of amides is 1. The van der Waals surface area contributed by atoms with E-state index in [4.69, 9.17) is 4.74 Å². The number of aromatic nitrogens is 1. The molecule has 1 saturated carbocycles. The van der Waals surface area contributed by atoms with Gasteiger partial charge < -0.3 is 10.1 Å². The number of halogens is 1. The Labute approximate surface area is 138 Å². The predicted octanol–water partition coefficient (Wildman–Crippen LogP) is 3.99. The lowest BCUT2D eigenvalue weighted by atomic mass is 10.1. The Morgan fingerprint density at radius 3 is 3.05 bits per heavy atom. The monoisotopic (exact) mass is 360 g/mol. The van der Waals surface area contributed by atoms with Crippen LogP contribution >= 0.6 is 15.9 Å². The normalized spacial score (nSPS) is 19.5. The van der Waals surface area contributed by atoms with Gasteiger partial charge in [0, 0.05) is 22.8 Å². The van der Waals surface area contributed by atoms with Crippen LogP contribution < -0.4 is 10.1 Å². The first kappa shape index (κ1) is 15.0. The Kier molecular flexibility index (Phi) is 4.43. The summed E-state index contributed by atoms with van der Waals surface area (Å²) < 4.78 is 6.47. The molecule has 1 N–H and O–H groups in total. The number of anilines is 1. The van der Waals surface area contributed by atoms with Crippen LogP contribution in [0.5, 0.6) is 5.75 Å². The minimum Gasteiger partial charge on any atom is -0.492 e. The summed E-state index contributed by atoms with van der Waals surface area (Å²) in [5.74, 6) is 1.01. The van der Waals surface area contributed by atoms with E-state index in [1.165, 1.54) is 0 Å². The molecule has 1 aliphatic rings. The van der Waals surface area contributed by atoms with Crippen LogP contribution in [0.3, 0.4) is 0 Å². The van der Waals surface area contributed by atoms with E-state index in [-0.39, 0.29) is 17.7 Å². The van der Waals surface area contributed by atoms with Crippen LogP contribution in [0.15, 0.2) is 47.2 Å². The molecule has 0 saturated heterocycles. The third-order valence-corrected chi connectivity index (χ3v) is 4.23. The van der Waals surface area contributed by atoms with Crippen molar-refractivity contribution < 1.29 is 9.53 Å². The van der Waals surface area contributed by atoms with Gasteiger partial charge in [0.15, 0.2) is 0 Å². The summed E-state index contributed by atoms with van der Waals surface area (Å²) in [6.45, 7) is 2.49.